The van der Waals surface area contributed by atoms with Crippen molar-refractivity contribution in [2.75, 3.05) is 12.9 Å². The van der Waals surface area contributed by atoms with Crippen LogP contribution in [0.5, 0.6) is 0 Å². The average molecular weight is 641 g/mol. The van der Waals surface area contributed by atoms with Gasteiger partial charge in [0, 0.05) is 12.3 Å². The van der Waals surface area contributed by atoms with Crippen LogP contribution in [0.2, 0.25) is 36.3 Å². The molecular formula is C35H68O4SSi2. The van der Waals surface area contributed by atoms with Gasteiger partial charge in [-0.15, -0.1) is 11.8 Å². The van der Waals surface area contributed by atoms with Crippen molar-refractivity contribution in [2.45, 2.75) is 169 Å². The highest BCUT2D eigenvalue weighted by Gasteiger charge is 2.43. The largest absolute Gasteiger partial charge is 0.469 e. The zero-order chi connectivity index (χ0) is 32.4. The van der Waals surface area contributed by atoms with Crippen LogP contribution in [-0.2, 0) is 18.4 Å². The quantitative estimate of drug-likeness (QED) is 0.0645. The predicted molar refractivity (Wildman–Crippen MR) is 190 cm³/mol. The molecule has 0 N–H and O–H groups in total. The molecule has 0 radical (unpaired) electrons. The first-order valence-corrected chi connectivity index (χ1v) is 23.5. The van der Waals surface area contributed by atoms with Gasteiger partial charge in [0.1, 0.15) is 0 Å². The molecule has 0 saturated carbocycles. The second-order valence-corrected chi connectivity index (χ2v) is 26.5. The number of thioether (sulfide) groups is 1. The third-order valence-corrected chi connectivity index (χ3v) is 20.3. The van der Waals surface area contributed by atoms with E-state index in [1.54, 1.807) is 0 Å². The Morgan fingerprint density at radius 1 is 1.00 bits per heavy atom. The lowest BCUT2D eigenvalue weighted by Gasteiger charge is -2.40. The molecule has 0 fully saturated rings. The lowest BCUT2D eigenvalue weighted by molar-refractivity contribution is -0.140. The number of esters is 1. The van der Waals surface area contributed by atoms with Gasteiger partial charge in [-0.1, -0.05) is 98.8 Å². The SMILES string of the molecule is CCCC[C@@H](C)C[C@@H](C=C[C@@H]1C(SCCCCCC(=O)OC)=C(C)C[C@H]1O[Si](C)(C)C(C)(C)C)O[Si](C)(C)C(C)(C)C. The van der Waals surface area contributed by atoms with E-state index in [0.29, 0.717) is 12.3 Å². The van der Waals surface area contributed by atoms with E-state index in [0.717, 1.165) is 37.9 Å². The van der Waals surface area contributed by atoms with Crippen LogP contribution in [0, 0.1) is 11.8 Å². The molecule has 0 unspecified atom stereocenters. The molecular weight excluding hydrogens is 573 g/mol. The fourth-order valence-corrected chi connectivity index (χ4v) is 8.89. The van der Waals surface area contributed by atoms with E-state index < -0.39 is 16.6 Å². The standard InChI is InChI=1S/C35H68O4SSi2/c1-15-16-20-27(2)25-29(38-41(11,12)34(4,5)6)22-23-30-31(39-42(13,14)35(7,8)9)26-28(3)33(30)40-24-19-17-18-21-32(36)37-10/h22-23,27,29-31H,15-21,24-26H2,1-14H3/t27-,29-,30+,31-/m1/s1. The van der Waals surface area contributed by atoms with Gasteiger partial charge in [-0.05, 0) is 85.4 Å². The van der Waals surface area contributed by atoms with Crippen molar-refractivity contribution in [3.8, 4) is 0 Å². The van der Waals surface area contributed by atoms with Crippen molar-refractivity contribution in [2.24, 2.45) is 11.8 Å². The Labute approximate surface area is 267 Å². The van der Waals surface area contributed by atoms with Gasteiger partial charge in [-0.2, -0.15) is 0 Å². The number of carbonyl (C=O) groups is 1. The minimum absolute atomic E-state index is 0.105. The summed E-state index contributed by atoms with van der Waals surface area (Å²) in [6, 6.07) is 0. The Bertz CT molecular complexity index is 882. The maximum absolute atomic E-state index is 11.5. The first-order chi connectivity index (χ1) is 19.3. The fraction of sp³-hybridized carbons (Fsp3) is 0.857. The number of rotatable bonds is 18. The van der Waals surface area contributed by atoms with Gasteiger partial charge in [-0.25, -0.2) is 0 Å². The number of hydrogen-bond acceptors (Lipinski definition) is 5. The van der Waals surface area contributed by atoms with Gasteiger partial charge in [0.05, 0.1) is 19.3 Å². The third kappa shape index (κ3) is 12.9. The maximum Gasteiger partial charge on any atom is 0.305 e. The van der Waals surface area contributed by atoms with Crippen LogP contribution < -0.4 is 0 Å². The molecule has 0 aromatic carbocycles. The lowest BCUT2D eigenvalue weighted by atomic mass is 9.96. The van der Waals surface area contributed by atoms with Crippen molar-refractivity contribution in [3.05, 3.63) is 22.6 Å². The van der Waals surface area contributed by atoms with Crippen molar-refractivity contribution in [1.29, 1.82) is 0 Å². The van der Waals surface area contributed by atoms with Gasteiger partial charge in [-0.3, -0.25) is 4.79 Å². The van der Waals surface area contributed by atoms with Gasteiger partial charge in [0.2, 0.25) is 0 Å². The summed E-state index contributed by atoms with van der Waals surface area (Å²) in [6.07, 6.45) is 14.7. The molecule has 0 bridgehead atoms. The molecule has 42 heavy (non-hydrogen) atoms. The summed E-state index contributed by atoms with van der Waals surface area (Å²) in [6.45, 7) is 30.6. The summed E-state index contributed by atoms with van der Waals surface area (Å²) < 4.78 is 19.0. The highest BCUT2D eigenvalue weighted by Crippen LogP contribution is 2.46. The molecule has 0 aromatic rings. The molecule has 0 aliphatic heterocycles. The number of carbonyl (C=O) groups excluding carboxylic acids is 1. The minimum Gasteiger partial charge on any atom is -0.469 e. The number of unbranched alkanes of at least 4 members (excludes halogenated alkanes) is 3. The molecule has 246 valence electrons. The highest BCUT2D eigenvalue weighted by molar-refractivity contribution is 8.03. The van der Waals surface area contributed by atoms with Crippen molar-refractivity contribution >= 4 is 34.4 Å². The Kier molecular flexibility index (Phi) is 16.4. The average Bonchev–Trinajstić information content (AvgIpc) is 3.14. The second-order valence-electron chi connectivity index (χ2n) is 15.8. The van der Waals surface area contributed by atoms with Crippen LogP contribution in [0.25, 0.3) is 0 Å². The lowest BCUT2D eigenvalue weighted by Crippen LogP contribution is -2.45. The van der Waals surface area contributed by atoms with E-state index in [1.165, 1.54) is 36.9 Å². The molecule has 1 rings (SSSR count). The summed E-state index contributed by atoms with van der Waals surface area (Å²) >= 11 is 2.01. The van der Waals surface area contributed by atoms with Crippen LogP contribution in [0.4, 0.5) is 0 Å². The first-order valence-electron chi connectivity index (χ1n) is 16.7. The molecule has 7 heteroatoms. The van der Waals surface area contributed by atoms with Gasteiger partial charge in [0.25, 0.3) is 0 Å². The topological polar surface area (TPSA) is 44.8 Å². The van der Waals surface area contributed by atoms with Crippen molar-refractivity contribution < 1.29 is 18.4 Å². The molecule has 0 amide bonds. The van der Waals surface area contributed by atoms with Crippen molar-refractivity contribution in [1.82, 2.24) is 0 Å². The van der Waals surface area contributed by atoms with E-state index in [4.69, 9.17) is 13.6 Å². The van der Waals surface area contributed by atoms with E-state index in [1.807, 2.05) is 11.8 Å². The molecule has 0 saturated heterocycles. The molecule has 0 aromatic heterocycles. The molecule has 0 spiro atoms. The van der Waals surface area contributed by atoms with Gasteiger partial charge in [0.15, 0.2) is 16.6 Å². The summed E-state index contributed by atoms with van der Waals surface area (Å²) in [5, 5.41) is 0.353. The van der Waals surface area contributed by atoms with Gasteiger partial charge >= 0.3 is 5.97 Å². The number of ether oxygens (including phenoxy) is 1. The monoisotopic (exact) mass is 640 g/mol. The van der Waals surface area contributed by atoms with E-state index in [-0.39, 0.29) is 34.2 Å². The molecule has 1 aliphatic carbocycles. The number of hydrogen-bond donors (Lipinski definition) is 0. The molecule has 4 nitrogen and oxygen atoms in total. The van der Waals surface area contributed by atoms with E-state index in [2.05, 4.69) is 101 Å². The summed E-state index contributed by atoms with van der Waals surface area (Å²) in [5.41, 5.74) is 1.48. The smallest absolute Gasteiger partial charge is 0.305 e. The Hall–Kier alpha value is -0.346. The normalized spacial score (nSPS) is 20.4. The van der Waals surface area contributed by atoms with Crippen LogP contribution in [0.1, 0.15) is 120 Å². The van der Waals surface area contributed by atoms with Crippen LogP contribution >= 0.6 is 11.8 Å². The third-order valence-electron chi connectivity index (χ3n) is 9.86. The first kappa shape index (κ1) is 39.7. The molecule has 4 atom stereocenters. The minimum atomic E-state index is -1.93. The molecule has 1 aliphatic rings. The Morgan fingerprint density at radius 3 is 2.17 bits per heavy atom. The van der Waals surface area contributed by atoms with Crippen LogP contribution in [0.3, 0.4) is 0 Å². The number of methoxy groups -OCH3 is 1. The maximum atomic E-state index is 11.5. The Balaban J connectivity index is 3.23. The van der Waals surface area contributed by atoms with Crippen LogP contribution in [-0.4, -0.2) is 47.7 Å². The summed E-state index contributed by atoms with van der Waals surface area (Å²) in [5.74, 6) is 1.88. The zero-order valence-electron chi connectivity index (χ0n) is 30.1. The summed E-state index contributed by atoms with van der Waals surface area (Å²) in [7, 11) is -2.39. The van der Waals surface area contributed by atoms with E-state index in [9.17, 15) is 4.79 Å². The fourth-order valence-electron chi connectivity index (χ4n) is 4.95. The zero-order valence-corrected chi connectivity index (χ0v) is 32.9. The second kappa shape index (κ2) is 17.4. The van der Waals surface area contributed by atoms with Crippen molar-refractivity contribution in [3.63, 3.8) is 0 Å². The highest BCUT2D eigenvalue weighted by atomic mass is 32.2. The van der Waals surface area contributed by atoms with Gasteiger partial charge < -0.3 is 13.6 Å². The Morgan fingerprint density at radius 2 is 1.62 bits per heavy atom. The predicted octanol–water partition coefficient (Wildman–Crippen LogP) is 11.3. The molecule has 0 heterocycles. The summed E-state index contributed by atoms with van der Waals surface area (Å²) in [4.78, 5) is 13.0. The van der Waals surface area contributed by atoms with Crippen LogP contribution in [0.15, 0.2) is 22.6 Å². The van der Waals surface area contributed by atoms with E-state index >= 15 is 0 Å².